The number of hydrogen-bond donors (Lipinski definition) is 1. The van der Waals surface area contributed by atoms with Crippen LogP contribution in [-0.4, -0.2) is 41.6 Å². The van der Waals surface area contributed by atoms with Gasteiger partial charge >= 0.3 is 5.97 Å². The molecule has 0 radical (unpaired) electrons. The molecule has 1 N–H and O–H groups in total. The van der Waals surface area contributed by atoms with Gasteiger partial charge in [0.25, 0.3) is 0 Å². The van der Waals surface area contributed by atoms with Crippen LogP contribution in [0.2, 0.25) is 0 Å². The molecule has 1 amide bonds. The molecule has 112 valence electrons. The molecule has 1 aliphatic rings. The fourth-order valence-corrected chi connectivity index (χ4v) is 2.51. The lowest BCUT2D eigenvalue weighted by Crippen LogP contribution is -2.47. The van der Waals surface area contributed by atoms with Gasteiger partial charge in [0, 0.05) is 18.2 Å². The molecule has 1 aliphatic heterocycles. The minimum absolute atomic E-state index is 0.270. The average molecular weight is 289 g/mol. The summed E-state index contributed by atoms with van der Waals surface area (Å²) in [6.45, 7) is 0.492. The summed E-state index contributed by atoms with van der Waals surface area (Å²) in [4.78, 5) is 24.9. The topological polar surface area (TPSA) is 66.8 Å². The molecule has 0 aromatic heterocycles. The normalized spacial score (nSPS) is 18.7. The molecular formula is C16H19NO4. The highest BCUT2D eigenvalue weighted by atomic mass is 16.5. The van der Waals surface area contributed by atoms with Gasteiger partial charge in [0.15, 0.2) is 0 Å². The molecule has 21 heavy (non-hydrogen) atoms. The molecule has 5 heteroatoms. The van der Waals surface area contributed by atoms with Gasteiger partial charge in [0.1, 0.15) is 11.8 Å². The maximum atomic E-state index is 12.2. The zero-order valence-electron chi connectivity index (χ0n) is 12.0. The molecule has 1 fully saturated rings. The number of methoxy groups -OCH3 is 1. The zero-order chi connectivity index (χ0) is 15.2. The third-order valence-corrected chi connectivity index (χ3v) is 3.62. The number of benzene rings is 1. The zero-order valence-corrected chi connectivity index (χ0v) is 12.0. The minimum atomic E-state index is -0.936. The summed E-state index contributed by atoms with van der Waals surface area (Å²) in [6, 6.07) is 6.64. The van der Waals surface area contributed by atoms with Crippen molar-refractivity contribution < 1.29 is 19.4 Å². The second-order valence-corrected chi connectivity index (χ2v) is 4.96. The summed E-state index contributed by atoms with van der Waals surface area (Å²) in [7, 11) is 1.57. The van der Waals surface area contributed by atoms with Crippen LogP contribution in [0.15, 0.2) is 30.3 Å². The second-order valence-electron chi connectivity index (χ2n) is 4.96. The third-order valence-electron chi connectivity index (χ3n) is 3.62. The Kier molecular flexibility index (Phi) is 4.98. The SMILES string of the molecule is COc1ccccc1C=CC(=O)N1CCCCC1C(=O)O. The first kappa shape index (κ1) is 15.1. The smallest absolute Gasteiger partial charge is 0.326 e. The summed E-state index contributed by atoms with van der Waals surface area (Å²) in [6.07, 6.45) is 5.28. The Bertz CT molecular complexity index is 553. The van der Waals surface area contributed by atoms with Gasteiger partial charge in [-0.1, -0.05) is 18.2 Å². The van der Waals surface area contributed by atoms with Crippen molar-refractivity contribution in [3.63, 3.8) is 0 Å². The number of ether oxygens (including phenoxy) is 1. The number of piperidine rings is 1. The summed E-state index contributed by atoms with van der Waals surface area (Å²) in [5.74, 6) is -0.531. The maximum Gasteiger partial charge on any atom is 0.326 e. The van der Waals surface area contributed by atoms with Crippen LogP contribution >= 0.6 is 0 Å². The summed E-state index contributed by atoms with van der Waals surface area (Å²) < 4.78 is 5.21. The highest BCUT2D eigenvalue weighted by molar-refractivity contribution is 5.94. The van der Waals surface area contributed by atoms with Crippen molar-refractivity contribution in [1.82, 2.24) is 4.90 Å². The number of carboxylic acids is 1. The third kappa shape index (κ3) is 3.62. The van der Waals surface area contributed by atoms with Crippen LogP contribution < -0.4 is 4.74 Å². The largest absolute Gasteiger partial charge is 0.496 e. The first-order chi connectivity index (χ1) is 10.1. The van der Waals surface area contributed by atoms with E-state index in [2.05, 4.69) is 0 Å². The number of rotatable bonds is 4. The van der Waals surface area contributed by atoms with Crippen molar-refractivity contribution >= 4 is 18.0 Å². The van der Waals surface area contributed by atoms with E-state index in [1.54, 1.807) is 13.2 Å². The molecule has 1 aromatic carbocycles. The highest BCUT2D eigenvalue weighted by Gasteiger charge is 2.30. The van der Waals surface area contributed by atoms with Crippen LogP contribution in [0, 0.1) is 0 Å². The summed E-state index contributed by atoms with van der Waals surface area (Å²) in [5.41, 5.74) is 0.789. The Labute approximate surface area is 123 Å². The fourth-order valence-electron chi connectivity index (χ4n) is 2.51. The molecule has 0 saturated carbocycles. The average Bonchev–Trinajstić information content (AvgIpc) is 2.52. The number of nitrogens with zero attached hydrogens (tertiary/aromatic N) is 1. The van der Waals surface area contributed by atoms with Gasteiger partial charge in [-0.25, -0.2) is 4.79 Å². The molecular weight excluding hydrogens is 270 g/mol. The Balaban J connectivity index is 2.12. The van der Waals surface area contributed by atoms with E-state index in [-0.39, 0.29) is 5.91 Å². The first-order valence-corrected chi connectivity index (χ1v) is 6.98. The number of carboxylic acid groups (broad SMARTS) is 1. The molecule has 1 aromatic rings. The molecule has 5 nitrogen and oxygen atoms in total. The van der Waals surface area contributed by atoms with Crippen LogP contribution in [-0.2, 0) is 9.59 Å². The predicted molar refractivity (Wildman–Crippen MR) is 79.0 cm³/mol. The molecule has 1 atom stereocenters. The van der Waals surface area contributed by atoms with Crippen molar-refractivity contribution in [2.45, 2.75) is 25.3 Å². The molecule has 0 spiro atoms. The number of likely N-dealkylation sites (tertiary alicyclic amines) is 1. The molecule has 1 heterocycles. The lowest BCUT2D eigenvalue weighted by atomic mass is 10.0. The number of carbonyl (C=O) groups is 2. The van der Waals surface area contributed by atoms with Crippen molar-refractivity contribution in [1.29, 1.82) is 0 Å². The van der Waals surface area contributed by atoms with Crippen LogP contribution in [0.25, 0.3) is 6.08 Å². The molecule has 1 saturated heterocycles. The number of hydrogen-bond acceptors (Lipinski definition) is 3. The molecule has 0 aliphatic carbocycles. The Hall–Kier alpha value is -2.30. The number of aliphatic carboxylic acids is 1. The van der Waals surface area contributed by atoms with Gasteiger partial charge in [-0.2, -0.15) is 0 Å². The van der Waals surface area contributed by atoms with Crippen LogP contribution in [0.4, 0.5) is 0 Å². The van der Waals surface area contributed by atoms with Crippen LogP contribution in [0.5, 0.6) is 5.75 Å². The monoisotopic (exact) mass is 289 g/mol. The maximum absolute atomic E-state index is 12.2. The number of amides is 1. The van der Waals surface area contributed by atoms with E-state index in [4.69, 9.17) is 4.74 Å². The lowest BCUT2D eigenvalue weighted by molar-refractivity contribution is -0.150. The van der Waals surface area contributed by atoms with Gasteiger partial charge in [0.05, 0.1) is 7.11 Å². The van der Waals surface area contributed by atoms with Gasteiger partial charge < -0.3 is 14.7 Å². The summed E-state index contributed by atoms with van der Waals surface area (Å²) in [5, 5.41) is 9.19. The van der Waals surface area contributed by atoms with E-state index in [1.807, 2.05) is 24.3 Å². The first-order valence-electron chi connectivity index (χ1n) is 6.98. The van der Waals surface area contributed by atoms with Crippen molar-refractivity contribution in [2.24, 2.45) is 0 Å². The van der Waals surface area contributed by atoms with Crippen molar-refractivity contribution in [3.8, 4) is 5.75 Å². The van der Waals surface area contributed by atoms with Crippen LogP contribution in [0.3, 0.4) is 0 Å². The quantitative estimate of drug-likeness (QED) is 0.863. The van der Waals surface area contributed by atoms with Gasteiger partial charge in [0.2, 0.25) is 5.91 Å². The molecule has 1 unspecified atom stereocenters. The number of carbonyl (C=O) groups excluding carboxylic acids is 1. The highest BCUT2D eigenvalue weighted by Crippen LogP contribution is 2.20. The Morgan fingerprint density at radius 1 is 1.33 bits per heavy atom. The number of para-hydroxylation sites is 1. The van der Waals surface area contributed by atoms with Crippen molar-refractivity contribution in [2.75, 3.05) is 13.7 Å². The Morgan fingerprint density at radius 3 is 2.81 bits per heavy atom. The standard InChI is InChI=1S/C16H19NO4/c1-21-14-8-3-2-6-12(14)9-10-15(18)17-11-5-4-7-13(17)16(19)20/h2-3,6,8-10,13H,4-5,7,11H2,1H3,(H,19,20). The predicted octanol–water partition coefficient (Wildman–Crippen LogP) is 2.17. The van der Waals surface area contributed by atoms with Gasteiger partial charge in [-0.15, -0.1) is 0 Å². The van der Waals surface area contributed by atoms with E-state index in [9.17, 15) is 14.7 Å². The van der Waals surface area contributed by atoms with E-state index in [0.29, 0.717) is 18.7 Å². The van der Waals surface area contributed by atoms with E-state index >= 15 is 0 Å². The van der Waals surface area contributed by atoms with E-state index in [0.717, 1.165) is 18.4 Å². The fraction of sp³-hybridized carbons (Fsp3) is 0.375. The summed E-state index contributed by atoms with van der Waals surface area (Å²) >= 11 is 0. The minimum Gasteiger partial charge on any atom is -0.496 e. The van der Waals surface area contributed by atoms with Gasteiger partial charge in [-0.3, -0.25) is 4.79 Å². The van der Waals surface area contributed by atoms with E-state index in [1.165, 1.54) is 11.0 Å². The lowest BCUT2D eigenvalue weighted by Gasteiger charge is -2.32. The van der Waals surface area contributed by atoms with Crippen LogP contribution in [0.1, 0.15) is 24.8 Å². The Morgan fingerprint density at radius 2 is 2.10 bits per heavy atom. The van der Waals surface area contributed by atoms with Crippen molar-refractivity contribution in [3.05, 3.63) is 35.9 Å². The molecule has 0 bridgehead atoms. The molecule has 2 rings (SSSR count). The second kappa shape index (κ2) is 6.92. The van der Waals surface area contributed by atoms with E-state index < -0.39 is 12.0 Å². The van der Waals surface area contributed by atoms with Gasteiger partial charge in [-0.05, 0) is 31.4 Å².